The SMILES string of the molecule is C[C@@H]1CN(C[C@@H]2CCCN2Cc2cc(=O)n(C)c(=O)n2C)C[C@@H](C)O1. The van der Waals surface area contributed by atoms with E-state index in [1.807, 2.05) is 0 Å². The molecule has 0 aromatic carbocycles. The molecule has 0 unspecified atom stereocenters. The minimum absolute atomic E-state index is 0.232. The molecule has 25 heavy (non-hydrogen) atoms. The van der Waals surface area contributed by atoms with Crippen molar-refractivity contribution in [3.05, 3.63) is 32.6 Å². The van der Waals surface area contributed by atoms with Gasteiger partial charge < -0.3 is 4.74 Å². The van der Waals surface area contributed by atoms with E-state index in [0.29, 0.717) is 12.6 Å². The number of likely N-dealkylation sites (tertiary alicyclic amines) is 1. The summed E-state index contributed by atoms with van der Waals surface area (Å²) in [6, 6.07) is 2.06. The molecule has 1 aromatic rings. The molecular weight excluding hydrogens is 320 g/mol. The number of hydrogen-bond acceptors (Lipinski definition) is 5. The Hall–Kier alpha value is -1.44. The molecule has 1 aromatic heterocycles. The molecule has 2 fully saturated rings. The number of hydrogen-bond donors (Lipinski definition) is 0. The van der Waals surface area contributed by atoms with Crippen LogP contribution in [-0.2, 0) is 25.4 Å². The molecule has 2 aliphatic heterocycles. The molecule has 2 aliphatic rings. The first kappa shape index (κ1) is 18.4. The molecule has 0 aliphatic carbocycles. The predicted octanol–water partition coefficient (Wildman–Crippen LogP) is 0.158. The molecule has 3 heterocycles. The van der Waals surface area contributed by atoms with Crippen molar-refractivity contribution in [2.24, 2.45) is 14.1 Å². The van der Waals surface area contributed by atoms with Crippen LogP contribution in [0.3, 0.4) is 0 Å². The fourth-order valence-corrected chi connectivity index (χ4v) is 4.18. The fraction of sp³-hybridized carbons (Fsp3) is 0.778. The van der Waals surface area contributed by atoms with Gasteiger partial charge in [-0.05, 0) is 33.2 Å². The summed E-state index contributed by atoms with van der Waals surface area (Å²) in [5.74, 6) is 0. The summed E-state index contributed by atoms with van der Waals surface area (Å²) in [7, 11) is 3.27. The predicted molar refractivity (Wildman–Crippen MR) is 96.8 cm³/mol. The summed E-state index contributed by atoms with van der Waals surface area (Å²) in [4.78, 5) is 29.0. The Morgan fingerprint density at radius 2 is 1.80 bits per heavy atom. The molecule has 140 valence electrons. The maximum atomic E-state index is 12.1. The highest BCUT2D eigenvalue weighted by Gasteiger charge is 2.30. The van der Waals surface area contributed by atoms with E-state index in [4.69, 9.17) is 4.74 Å². The van der Waals surface area contributed by atoms with Crippen molar-refractivity contribution >= 4 is 0 Å². The average Bonchev–Trinajstić information content (AvgIpc) is 2.96. The van der Waals surface area contributed by atoms with Gasteiger partial charge in [0.15, 0.2) is 0 Å². The van der Waals surface area contributed by atoms with Crippen LogP contribution in [0.25, 0.3) is 0 Å². The molecule has 0 amide bonds. The van der Waals surface area contributed by atoms with Gasteiger partial charge in [0.1, 0.15) is 0 Å². The zero-order valence-electron chi connectivity index (χ0n) is 15.8. The second kappa shape index (κ2) is 7.43. The molecule has 0 saturated carbocycles. The van der Waals surface area contributed by atoms with Crippen molar-refractivity contribution in [3.8, 4) is 0 Å². The molecule has 0 bridgehead atoms. The molecule has 2 saturated heterocycles. The second-order valence-electron chi connectivity index (χ2n) is 7.62. The average molecular weight is 350 g/mol. The zero-order chi connectivity index (χ0) is 18.1. The van der Waals surface area contributed by atoms with Crippen LogP contribution in [0, 0.1) is 0 Å². The highest BCUT2D eigenvalue weighted by Crippen LogP contribution is 2.22. The van der Waals surface area contributed by atoms with Crippen LogP contribution in [0.4, 0.5) is 0 Å². The van der Waals surface area contributed by atoms with E-state index < -0.39 is 0 Å². The maximum absolute atomic E-state index is 12.1. The van der Waals surface area contributed by atoms with Gasteiger partial charge in [0.05, 0.1) is 12.2 Å². The van der Waals surface area contributed by atoms with Crippen molar-refractivity contribution < 1.29 is 4.74 Å². The van der Waals surface area contributed by atoms with Gasteiger partial charge in [-0.15, -0.1) is 0 Å². The Labute approximate surface area is 148 Å². The molecule has 0 spiro atoms. The van der Waals surface area contributed by atoms with Crippen molar-refractivity contribution in [2.75, 3.05) is 26.2 Å². The van der Waals surface area contributed by atoms with E-state index in [-0.39, 0.29) is 23.5 Å². The van der Waals surface area contributed by atoms with Crippen LogP contribution in [0.2, 0.25) is 0 Å². The molecule has 0 N–H and O–H groups in total. The number of ether oxygens (including phenoxy) is 1. The third-order valence-corrected chi connectivity index (χ3v) is 5.45. The van der Waals surface area contributed by atoms with E-state index in [0.717, 1.165) is 36.4 Å². The van der Waals surface area contributed by atoms with Gasteiger partial charge in [0, 0.05) is 58.1 Å². The van der Waals surface area contributed by atoms with Crippen molar-refractivity contribution in [2.45, 2.75) is 51.5 Å². The Kier molecular flexibility index (Phi) is 5.46. The van der Waals surface area contributed by atoms with Crippen molar-refractivity contribution in [1.29, 1.82) is 0 Å². The summed E-state index contributed by atoms with van der Waals surface area (Å²) >= 11 is 0. The lowest BCUT2D eigenvalue weighted by Gasteiger charge is -2.38. The lowest BCUT2D eigenvalue weighted by Crippen LogP contribution is -2.50. The van der Waals surface area contributed by atoms with E-state index >= 15 is 0 Å². The highest BCUT2D eigenvalue weighted by atomic mass is 16.5. The van der Waals surface area contributed by atoms with Crippen LogP contribution < -0.4 is 11.2 Å². The molecular formula is C18H30N4O3. The normalized spacial score (nSPS) is 28.6. The van der Waals surface area contributed by atoms with Crippen LogP contribution in [-0.4, -0.2) is 63.4 Å². The van der Waals surface area contributed by atoms with Crippen LogP contribution >= 0.6 is 0 Å². The van der Waals surface area contributed by atoms with E-state index in [9.17, 15) is 9.59 Å². The van der Waals surface area contributed by atoms with Gasteiger partial charge in [-0.3, -0.25) is 23.7 Å². The number of nitrogens with zero attached hydrogens (tertiary/aromatic N) is 4. The Balaban J connectivity index is 1.70. The molecule has 0 radical (unpaired) electrons. The monoisotopic (exact) mass is 350 g/mol. The van der Waals surface area contributed by atoms with Crippen LogP contribution in [0.15, 0.2) is 15.7 Å². The molecule has 3 atom stereocenters. The van der Waals surface area contributed by atoms with E-state index in [2.05, 4.69) is 23.6 Å². The summed E-state index contributed by atoms with van der Waals surface area (Å²) < 4.78 is 8.57. The third kappa shape index (κ3) is 4.04. The van der Waals surface area contributed by atoms with Crippen molar-refractivity contribution in [3.63, 3.8) is 0 Å². The van der Waals surface area contributed by atoms with Gasteiger partial charge in [-0.1, -0.05) is 0 Å². The van der Waals surface area contributed by atoms with Gasteiger partial charge >= 0.3 is 5.69 Å². The summed E-state index contributed by atoms with van der Waals surface area (Å²) in [5, 5.41) is 0. The van der Waals surface area contributed by atoms with E-state index in [1.54, 1.807) is 17.7 Å². The van der Waals surface area contributed by atoms with Crippen LogP contribution in [0.1, 0.15) is 32.4 Å². The number of rotatable bonds is 4. The second-order valence-corrected chi connectivity index (χ2v) is 7.62. The number of aromatic nitrogens is 2. The molecule has 7 heteroatoms. The standard InChI is InChI=1S/C18H30N4O3/c1-13-9-21(10-14(2)25-13)11-15-6-5-7-22(15)12-16-8-17(23)20(4)18(24)19(16)3/h8,13-15H,5-7,9-12H2,1-4H3/t13-,14-,15+/m1/s1. The van der Waals surface area contributed by atoms with Gasteiger partial charge in [0.25, 0.3) is 5.56 Å². The Morgan fingerprint density at radius 1 is 1.12 bits per heavy atom. The zero-order valence-corrected chi connectivity index (χ0v) is 15.8. The van der Waals surface area contributed by atoms with E-state index in [1.165, 1.54) is 19.9 Å². The lowest BCUT2D eigenvalue weighted by atomic mass is 10.1. The topological polar surface area (TPSA) is 59.7 Å². The number of morpholine rings is 1. The first-order valence-corrected chi connectivity index (χ1v) is 9.23. The first-order valence-electron chi connectivity index (χ1n) is 9.23. The fourth-order valence-electron chi connectivity index (χ4n) is 4.18. The minimum Gasteiger partial charge on any atom is -0.373 e. The summed E-state index contributed by atoms with van der Waals surface area (Å²) in [6.07, 6.45) is 2.88. The first-order chi connectivity index (χ1) is 11.8. The molecule has 7 nitrogen and oxygen atoms in total. The maximum Gasteiger partial charge on any atom is 0.330 e. The smallest absolute Gasteiger partial charge is 0.330 e. The van der Waals surface area contributed by atoms with Crippen LogP contribution in [0.5, 0.6) is 0 Å². The summed E-state index contributed by atoms with van der Waals surface area (Å²) in [5.41, 5.74) is 0.308. The minimum atomic E-state index is -0.255. The molecule has 3 rings (SSSR count). The van der Waals surface area contributed by atoms with Gasteiger partial charge in [0.2, 0.25) is 0 Å². The summed E-state index contributed by atoms with van der Waals surface area (Å²) in [6.45, 7) is 8.90. The van der Waals surface area contributed by atoms with Crippen molar-refractivity contribution in [1.82, 2.24) is 18.9 Å². The third-order valence-electron chi connectivity index (χ3n) is 5.45. The Morgan fingerprint density at radius 3 is 2.48 bits per heavy atom. The van der Waals surface area contributed by atoms with Gasteiger partial charge in [-0.25, -0.2) is 4.79 Å². The van der Waals surface area contributed by atoms with Gasteiger partial charge in [-0.2, -0.15) is 0 Å². The largest absolute Gasteiger partial charge is 0.373 e. The quantitative estimate of drug-likeness (QED) is 0.774. The lowest BCUT2D eigenvalue weighted by molar-refractivity contribution is -0.0724. The Bertz CT molecular complexity index is 716. The highest BCUT2D eigenvalue weighted by molar-refractivity contribution is 5.03.